The van der Waals surface area contributed by atoms with Crippen LogP contribution >= 0.6 is 11.8 Å². The molecule has 1 heterocycles. The predicted molar refractivity (Wildman–Crippen MR) is 103 cm³/mol. The van der Waals surface area contributed by atoms with Gasteiger partial charge in [-0.3, -0.25) is 4.79 Å². The third-order valence-corrected chi connectivity index (χ3v) is 6.01. The van der Waals surface area contributed by atoms with Crippen LogP contribution in [-0.2, 0) is 14.6 Å². The molecule has 0 unspecified atom stereocenters. The van der Waals surface area contributed by atoms with E-state index in [9.17, 15) is 22.0 Å². The minimum absolute atomic E-state index is 0.0786. The Balaban J connectivity index is 1.66. The van der Waals surface area contributed by atoms with Crippen molar-refractivity contribution in [3.05, 3.63) is 60.8 Å². The summed E-state index contributed by atoms with van der Waals surface area (Å²) in [6, 6.07) is 14.6. The highest BCUT2D eigenvalue weighted by Gasteiger charge is 2.29. The van der Waals surface area contributed by atoms with E-state index in [-0.39, 0.29) is 11.4 Å². The van der Waals surface area contributed by atoms with Crippen molar-refractivity contribution in [1.29, 1.82) is 0 Å². The number of thioether (sulfide) groups is 1. The summed E-state index contributed by atoms with van der Waals surface area (Å²) in [7, 11) is -4.82. The number of hydrogen-bond acceptors (Lipinski definition) is 5. The zero-order valence-corrected chi connectivity index (χ0v) is 15.9. The number of halogens is 2. The summed E-state index contributed by atoms with van der Waals surface area (Å²) in [4.78, 5) is 18.8. The third-order valence-electron chi connectivity index (χ3n) is 3.68. The number of sulfone groups is 1. The lowest BCUT2D eigenvalue weighted by molar-refractivity contribution is -0.113. The second-order valence-electron chi connectivity index (χ2n) is 5.61. The second-order valence-corrected chi connectivity index (χ2v) is 8.46. The van der Waals surface area contributed by atoms with Gasteiger partial charge in [0.2, 0.25) is 15.7 Å². The van der Waals surface area contributed by atoms with E-state index in [1.165, 1.54) is 18.2 Å². The lowest BCUT2D eigenvalue weighted by atomic mass is 10.2. The minimum Gasteiger partial charge on any atom is -0.333 e. The van der Waals surface area contributed by atoms with Gasteiger partial charge in [-0.15, -0.1) is 0 Å². The van der Waals surface area contributed by atoms with Gasteiger partial charge in [-0.25, -0.2) is 13.4 Å². The molecule has 0 fully saturated rings. The van der Waals surface area contributed by atoms with E-state index in [0.29, 0.717) is 5.16 Å². The Bertz CT molecular complexity index is 1070. The fraction of sp³-hybridized carbons (Fsp3) is 0.111. The molecule has 3 aromatic rings. The van der Waals surface area contributed by atoms with E-state index in [1.807, 2.05) is 30.3 Å². The lowest BCUT2D eigenvalue weighted by Gasteiger charge is -2.10. The van der Waals surface area contributed by atoms with Crippen molar-refractivity contribution in [2.45, 2.75) is 15.8 Å². The molecule has 1 aromatic heterocycles. The fourth-order valence-corrected chi connectivity index (χ4v) is 3.91. The maximum Gasteiger partial charge on any atom is 0.341 e. The zero-order chi connectivity index (χ0) is 20.1. The van der Waals surface area contributed by atoms with Crippen LogP contribution in [0.25, 0.3) is 11.3 Å². The van der Waals surface area contributed by atoms with Crippen molar-refractivity contribution in [3.8, 4) is 11.3 Å². The van der Waals surface area contributed by atoms with E-state index in [0.717, 1.165) is 29.1 Å². The predicted octanol–water partition coefficient (Wildman–Crippen LogP) is 3.80. The summed E-state index contributed by atoms with van der Waals surface area (Å²) in [5.74, 6) is -4.19. The smallest absolute Gasteiger partial charge is 0.333 e. The fourth-order valence-electron chi connectivity index (χ4n) is 2.37. The first-order valence-electron chi connectivity index (χ1n) is 8.02. The molecule has 1 amide bonds. The number of nitrogens with one attached hydrogen (secondary N) is 2. The number of aromatic amines is 1. The van der Waals surface area contributed by atoms with Crippen LogP contribution in [0.15, 0.2) is 70.8 Å². The SMILES string of the molecule is O=C(CSc1ncc(-c2ccccc2)[nH]1)Nc1ccccc1S(=O)(=O)C(F)F. The Morgan fingerprint density at radius 3 is 2.50 bits per heavy atom. The molecule has 0 aliphatic rings. The highest BCUT2D eigenvalue weighted by Crippen LogP contribution is 2.27. The molecular formula is C18H15F2N3O3S2. The van der Waals surface area contributed by atoms with Gasteiger partial charge in [0.25, 0.3) is 0 Å². The van der Waals surface area contributed by atoms with Crippen LogP contribution in [0.5, 0.6) is 0 Å². The van der Waals surface area contributed by atoms with Gasteiger partial charge >= 0.3 is 5.76 Å². The molecule has 0 atom stereocenters. The van der Waals surface area contributed by atoms with Crippen LogP contribution in [0.3, 0.4) is 0 Å². The molecule has 2 N–H and O–H groups in total. The number of aromatic nitrogens is 2. The number of anilines is 1. The van der Waals surface area contributed by atoms with E-state index in [2.05, 4.69) is 15.3 Å². The number of carbonyl (C=O) groups excluding carboxylic acids is 1. The first-order valence-corrected chi connectivity index (χ1v) is 10.6. The van der Waals surface area contributed by atoms with Crippen LogP contribution in [0.4, 0.5) is 14.5 Å². The Labute approximate surface area is 164 Å². The van der Waals surface area contributed by atoms with Crippen LogP contribution in [0.1, 0.15) is 0 Å². The molecule has 6 nitrogen and oxygen atoms in total. The van der Waals surface area contributed by atoms with E-state index in [1.54, 1.807) is 6.20 Å². The summed E-state index contributed by atoms with van der Waals surface area (Å²) in [6.45, 7) is 0. The largest absolute Gasteiger partial charge is 0.341 e. The zero-order valence-electron chi connectivity index (χ0n) is 14.3. The van der Waals surface area contributed by atoms with Crippen LogP contribution in [0.2, 0.25) is 0 Å². The van der Waals surface area contributed by atoms with Crippen molar-refractivity contribution >= 4 is 33.2 Å². The van der Waals surface area contributed by atoms with Crippen molar-refractivity contribution in [1.82, 2.24) is 9.97 Å². The third kappa shape index (κ3) is 4.57. The molecule has 146 valence electrons. The number of H-pyrrole nitrogens is 1. The summed E-state index contributed by atoms with van der Waals surface area (Å²) in [5, 5.41) is 2.87. The van der Waals surface area contributed by atoms with Crippen molar-refractivity contribution in [3.63, 3.8) is 0 Å². The topological polar surface area (TPSA) is 91.9 Å². The van der Waals surface area contributed by atoms with E-state index in [4.69, 9.17) is 0 Å². The van der Waals surface area contributed by atoms with Crippen molar-refractivity contribution in [2.24, 2.45) is 0 Å². The Morgan fingerprint density at radius 1 is 1.11 bits per heavy atom. The number of imidazole rings is 1. The molecule has 0 radical (unpaired) electrons. The molecule has 3 rings (SSSR count). The van der Waals surface area contributed by atoms with Gasteiger partial charge in [0.15, 0.2) is 5.16 Å². The highest BCUT2D eigenvalue weighted by molar-refractivity contribution is 7.99. The molecule has 0 aliphatic heterocycles. The minimum atomic E-state index is -4.82. The Kier molecular flexibility index (Phi) is 6.10. The number of hydrogen-bond donors (Lipinski definition) is 2. The van der Waals surface area contributed by atoms with Crippen molar-refractivity contribution < 1.29 is 22.0 Å². The molecule has 0 bridgehead atoms. The standard InChI is InChI=1S/C18H15F2N3O3S2/c19-17(20)28(25,26)15-9-5-4-8-13(15)22-16(24)11-27-18-21-10-14(23-18)12-6-2-1-3-7-12/h1-10,17H,11H2,(H,21,23)(H,22,24). The first-order chi connectivity index (χ1) is 13.4. The molecule has 2 aromatic carbocycles. The monoisotopic (exact) mass is 423 g/mol. The maximum atomic E-state index is 12.8. The van der Waals surface area contributed by atoms with Crippen LogP contribution in [-0.4, -0.2) is 35.8 Å². The number of carbonyl (C=O) groups is 1. The van der Waals surface area contributed by atoms with E-state index < -0.39 is 26.4 Å². The Morgan fingerprint density at radius 2 is 1.79 bits per heavy atom. The molecule has 0 saturated carbocycles. The second kappa shape index (κ2) is 8.53. The first kappa shape index (κ1) is 20.0. The van der Waals surface area contributed by atoms with Gasteiger partial charge in [-0.05, 0) is 17.7 Å². The van der Waals surface area contributed by atoms with Gasteiger partial charge in [0.1, 0.15) is 0 Å². The number of amides is 1. The normalized spacial score (nSPS) is 11.5. The molecular weight excluding hydrogens is 408 g/mol. The van der Waals surface area contributed by atoms with Crippen molar-refractivity contribution in [2.75, 3.05) is 11.1 Å². The maximum absolute atomic E-state index is 12.8. The highest BCUT2D eigenvalue weighted by atomic mass is 32.2. The molecule has 10 heteroatoms. The van der Waals surface area contributed by atoms with Crippen LogP contribution in [0, 0.1) is 0 Å². The molecule has 28 heavy (non-hydrogen) atoms. The average Bonchev–Trinajstić information content (AvgIpc) is 3.16. The summed E-state index contributed by atoms with van der Waals surface area (Å²) < 4.78 is 49.1. The van der Waals surface area contributed by atoms with E-state index >= 15 is 0 Å². The molecule has 0 saturated heterocycles. The number of rotatable bonds is 7. The summed E-state index contributed by atoms with van der Waals surface area (Å²) >= 11 is 1.11. The quantitative estimate of drug-likeness (QED) is 0.564. The number of benzene rings is 2. The van der Waals surface area contributed by atoms with Crippen LogP contribution < -0.4 is 5.32 Å². The lowest BCUT2D eigenvalue weighted by Crippen LogP contribution is -2.19. The number of alkyl halides is 2. The summed E-state index contributed by atoms with van der Waals surface area (Å²) in [5.41, 5.74) is 1.55. The van der Waals surface area contributed by atoms with Gasteiger partial charge in [-0.2, -0.15) is 8.78 Å². The van der Waals surface area contributed by atoms with Gasteiger partial charge < -0.3 is 10.3 Å². The van der Waals surface area contributed by atoms with Gasteiger partial charge in [-0.1, -0.05) is 54.2 Å². The van der Waals surface area contributed by atoms with Gasteiger partial charge in [0, 0.05) is 0 Å². The molecule has 0 spiro atoms. The summed E-state index contributed by atoms with van der Waals surface area (Å²) in [6.07, 6.45) is 1.64. The number of para-hydroxylation sites is 1. The molecule has 0 aliphatic carbocycles. The Hall–Kier alpha value is -2.72. The van der Waals surface area contributed by atoms with Gasteiger partial charge in [0.05, 0.1) is 28.2 Å². The average molecular weight is 423 g/mol. The number of nitrogens with zero attached hydrogens (tertiary/aromatic N) is 1.